The molecular weight excluding hydrogens is 330 g/mol. The van der Waals surface area contributed by atoms with Crippen LogP contribution in [0.25, 0.3) is 0 Å². The van der Waals surface area contributed by atoms with Crippen LogP contribution in [0.1, 0.15) is 12.0 Å². The average molecular weight is 348 g/mol. The van der Waals surface area contributed by atoms with Gasteiger partial charge in [-0.15, -0.1) is 0 Å². The van der Waals surface area contributed by atoms with E-state index in [0.717, 1.165) is 15.8 Å². The molecule has 1 N–H and O–H groups in total. The highest BCUT2D eigenvalue weighted by atomic mass is 79.9. The molecule has 19 heavy (non-hydrogen) atoms. The van der Waals surface area contributed by atoms with Crippen molar-refractivity contribution in [1.29, 1.82) is 0 Å². The molecule has 0 amide bonds. The molecule has 1 aromatic rings. The summed E-state index contributed by atoms with van der Waals surface area (Å²) >= 11 is 3.44. The number of hydrogen-bond acceptors (Lipinski definition) is 4. The molecule has 1 unspecified atom stereocenters. The van der Waals surface area contributed by atoms with Crippen molar-refractivity contribution in [3.8, 4) is 5.75 Å². The van der Waals surface area contributed by atoms with Gasteiger partial charge in [0.1, 0.15) is 12.4 Å². The minimum Gasteiger partial charge on any atom is -0.492 e. The lowest BCUT2D eigenvalue weighted by molar-refractivity contribution is 0.307. The summed E-state index contributed by atoms with van der Waals surface area (Å²) in [6.45, 7) is 3.21. The van der Waals surface area contributed by atoms with Crippen molar-refractivity contribution in [3.63, 3.8) is 0 Å². The second-order valence-corrected chi connectivity index (χ2v) is 7.90. The Labute approximate surface area is 122 Å². The summed E-state index contributed by atoms with van der Waals surface area (Å²) in [7, 11) is -2.80. The third kappa shape index (κ3) is 4.47. The fourth-order valence-corrected chi connectivity index (χ4v) is 4.05. The van der Waals surface area contributed by atoms with Crippen molar-refractivity contribution < 1.29 is 13.2 Å². The Morgan fingerprint density at radius 3 is 2.89 bits per heavy atom. The van der Waals surface area contributed by atoms with Gasteiger partial charge in [0.15, 0.2) is 9.84 Å². The Morgan fingerprint density at radius 1 is 1.47 bits per heavy atom. The minimum atomic E-state index is -2.80. The number of rotatable bonds is 5. The number of aryl methyl sites for hydroxylation is 1. The van der Waals surface area contributed by atoms with Gasteiger partial charge in [0, 0.05) is 17.1 Å². The van der Waals surface area contributed by atoms with E-state index < -0.39 is 9.84 Å². The van der Waals surface area contributed by atoms with E-state index in [-0.39, 0.29) is 11.8 Å². The largest absolute Gasteiger partial charge is 0.492 e. The molecule has 0 bridgehead atoms. The molecule has 1 heterocycles. The highest BCUT2D eigenvalue weighted by Crippen LogP contribution is 2.21. The molecule has 1 atom stereocenters. The zero-order valence-electron chi connectivity index (χ0n) is 10.9. The molecule has 1 aliphatic heterocycles. The van der Waals surface area contributed by atoms with Crippen molar-refractivity contribution in [2.45, 2.75) is 19.4 Å². The van der Waals surface area contributed by atoms with Gasteiger partial charge in [0.25, 0.3) is 0 Å². The first-order valence-electron chi connectivity index (χ1n) is 6.29. The topological polar surface area (TPSA) is 55.4 Å². The summed E-state index contributed by atoms with van der Waals surface area (Å²) in [6, 6.07) is 5.93. The third-order valence-corrected chi connectivity index (χ3v) is 5.82. The van der Waals surface area contributed by atoms with Crippen molar-refractivity contribution in [2.24, 2.45) is 0 Å². The first-order chi connectivity index (χ1) is 8.96. The third-order valence-electron chi connectivity index (χ3n) is 3.17. The molecule has 2 rings (SSSR count). The van der Waals surface area contributed by atoms with Crippen molar-refractivity contribution in [2.75, 3.05) is 24.7 Å². The Balaban J connectivity index is 1.71. The average Bonchev–Trinajstić information content (AvgIpc) is 2.69. The second kappa shape index (κ2) is 6.24. The van der Waals surface area contributed by atoms with Crippen LogP contribution >= 0.6 is 15.9 Å². The van der Waals surface area contributed by atoms with Crippen molar-refractivity contribution in [1.82, 2.24) is 5.32 Å². The van der Waals surface area contributed by atoms with E-state index in [0.29, 0.717) is 25.3 Å². The summed E-state index contributed by atoms with van der Waals surface area (Å²) in [5, 5.41) is 3.22. The van der Waals surface area contributed by atoms with Crippen LogP contribution in [0.15, 0.2) is 22.7 Å². The van der Waals surface area contributed by atoms with Gasteiger partial charge in [0.05, 0.1) is 11.5 Å². The number of halogens is 1. The van der Waals surface area contributed by atoms with Crippen LogP contribution < -0.4 is 10.1 Å². The highest BCUT2D eigenvalue weighted by molar-refractivity contribution is 9.10. The first-order valence-corrected chi connectivity index (χ1v) is 8.90. The van der Waals surface area contributed by atoms with Gasteiger partial charge in [0.2, 0.25) is 0 Å². The Kier molecular flexibility index (Phi) is 4.86. The Morgan fingerprint density at radius 2 is 2.26 bits per heavy atom. The van der Waals surface area contributed by atoms with E-state index in [1.165, 1.54) is 0 Å². The van der Waals surface area contributed by atoms with Gasteiger partial charge in [-0.05, 0) is 37.1 Å². The molecular formula is C13H18BrNO3S. The molecule has 0 radical (unpaired) electrons. The number of ether oxygens (including phenoxy) is 1. The van der Waals surface area contributed by atoms with Gasteiger partial charge < -0.3 is 10.1 Å². The second-order valence-electron chi connectivity index (χ2n) is 4.81. The Bertz CT molecular complexity index is 545. The summed E-state index contributed by atoms with van der Waals surface area (Å²) in [5.41, 5.74) is 1.13. The zero-order chi connectivity index (χ0) is 13.9. The number of nitrogens with one attached hydrogen (secondary N) is 1. The van der Waals surface area contributed by atoms with Crippen LogP contribution in [0.3, 0.4) is 0 Å². The molecule has 106 valence electrons. The summed E-state index contributed by atoms with van der Waals surface area (Å²) in [4.78, 5) is 0. The van der Waals surface area contributed by atoms with Gasteiger partial charge >= 0.3 is 0 Å². The van der Waals surface area contributed by atoms with E-state index in [1.807, 2.05) is 25.1 Å². The molecule has 0 saturated carbocycles. The van der Waals surface area contributed by atoms with Gasteiger partial charge in [-0.2, -0.15) is 0 Å². The standard InChI is InChI=1S/C13H18BrNO3S/c1-10-8-12(2-3-13(10)14)18-6-5-15-11-4-7-19(16,17)9-11/h2-3,8,11,15H,4-7,9H2,1H3. The minimum absolute atomic E-state index is 0.0836. The van der Waals surface area contributed by atoms with E-state index in [4.69, 9.17) is 4.74 Å². The molecule has 0 aliphatic carbocycles. The molecule has 1 aliphatic rings. The smallest absolute Gasteiger partial charge is 0.151 e. The number of benzene rings is 1. The van der Waals surface area contributed by atoms with Crippen molar-refractivity contribution >= 4 is 25.8 Å². The van der Waals surface area contributed by atoms with Crippen LogP contribution in [0.4, 0.5) is 0 Å². The summed E-state index contributed by atoms with van der Waals surface area (Å²) in [6.07, 6.45) is 0.708. The van der Waals surface area contributed by atoms with Gasteiger partial charge in [-0.1, -0.05) is 15.9 Å². The molecule has 1 fully saturated rings. The van der Waals surface area contributed by atoms with E-state index in [9.17, 15) is 8.42 Å². The van der Waals surface area contributed by atoms with Crippen LogP contribution in [-0.4, -0.2) is 39.1 Å². The van der Waals surface area contributed by atoms with E-state index in [2.05, 4.69) is 21.2 Å². The number of sulfone groups is 1. The first kappa shape index (κ1) is 14.8. The Hall–Kier alpha value is -0.590. The molecule has 4 nitrogen and oxygen atoms in total. The van der Waals surface area contributed by atoms with E-state index >= 15 is 0 Å². The monoisotopic (exact) mass is 347 g/mol. The lowest BCUT2D eigenvalue weighted by Crippen LogP contribution is -2.33. The number of hydrogen-bond donors (Lipinski definition) is 1. The predicted octanol–water partition coefficient (Wildman–Crippen LogP) is 1.91. The van der Waals surface area contributed by atoms with Gasteiger partial charge in [-0.25, -0.2) is 8.42 Å². The molecule has 1 aromatic carbocycles. The summed E-state index contributed by atoms with van der Waals surface area (Å²) in [5.74, 6) is 1.39. The quantitative estimate of drug-likeness (QED) is 0.826. The predicted molar refractivity (Wildman–Crippen MR) is 79.4 cm³/mol. The van der Waals surface area contributed by atoms with Crippen LogP contribution in [0, 0.1) is 6.92 Å². The maximum Gasteiger partial charge on any atom is 0.151 e. The van der Waals surface area contributed by atoms with Crippen molar-refractivity contribution in [3.05, 3.63) is 28.2 Å². The normalized spacial score (nSPS) is 21.5. The molecule has 1 saturated heterocycles. The lowest BCUT2D eigenvalue weighted by atomic mass is 10.2. The lowest BCUT2D eigenvalue weighted by Gasteiger charge is -2.12. The molecule has 0 aromatic heterocycles. The highest BCUT2D eigenvalue weighted by Gasteiger charge is 2.26. The maximum absolute atomic E-state index is 11.3. The van der Waals surface area contributed by atoms with Gasteiger partial charge in [-0.3, -0.25) is 0 Å². The van der Waals surface area contributed by atoms with E-state index in [1.54, 1.807) is 0 Å². The molecule has 0 spiro atoms. The maximum atomic E-state index is 11.3. The fraction of sp³-hybridized carbons (Fsp3) is 0.538. The summed E-state index contributed by atoms with van der Waals surface area (Å²) < 4.78 is 29.3. The molecule has 6 heteroatoms. The fourth-order valence-electron chi connectivity index (χ4n) is 2.09. The van der Waals surface area contributed by atoms with Crippen LogP contribution in [-0.2, 0) is 9.84 Å². The zero-order valence-corrected chi connectivity index (χ0v) is 13.3. The van der Waals surface area contributed by atoms with Crippen LogP contribution in [0.2, 0.25) is 0 Å². The van der Waals surface area contributed by atoms with Crippen LogP contribution in [0.5, 0.6) is 5.75 Å². The SMILES string of the molecule is Cc1cc(OCCNC2CCS(=O)(=O)C2)ccc1Br.